The lowest BCUT2D eigenvalue weighted by Gasteiger charge is -2.22. The fourth-order valence-corrected chi connectivity index (χ4v) is 2.34. The van der Waals surface area contributed by atoms with Gasteiger partial charge < -0.3 is 14.5 Å². The van der Waals surface area contributed by atoms with Gasteiger partial charge >= 0.3 is 0 Å². The smallest absolute Gasteiger partial charge is 0.133 e. The number of nitrogens with zero attached hydrogens (tertiary/aromatic N) is 4. The Labute approximate surface area is 120 Å². The molecule has 20 heavy (non-hydrogen) atoms. The molecule has 0 aromatic carbocycles. The molecular weight excluding hydrogens is 256 g/mol. The molecule has 0 bridgehead atoms. The quantitative estimate of drug-likeness (QED) is 0.752. The third kappa shape index (κ3) is 3.78. The molecule has 1 aromatic rings. The van der Waals surface area contributed by atoms with Gasteiger partial charge in [-0.2, -0.15) is 0 Å². The first-order valence-electron chi connectivity index (χ1n) is 6.80. The fourth-order valence-electron chi connectivity index (χ4n) is 2.34. The number of rotatable bonds is 6. The molecule has 1 aliphatic rings. The highest BCUT2D eigenvalue weighted by molar-refractivity contribution is 5.48. The third-order valence-electron chi connectivity index (χ3n) is 3.41. The number of hydrogen-bond donors (Lipinski definition) is 2. The Hall–Kier alpha value is -1.44. The first kappa shape index (κ1) is 15.0. The van der Waals surface area contributed by atoms with E-state index < -0.39 is 0 Å². The average molecular weight is 280 g/mol. The van der Waals surface area contributed by atoms with Crippen molar-refractivity contribution in [2.24, 2.45) is 0 Å². The lowest BCUT2D eigenvalue weighted by molar-refractivity contribution is 0.171. The van der Waals surface area contributed by atoms with E-state index in [1.807, 2.05) is 32.1 Å². The largest absolute Gasteiger partial charge is 0.383 e. The maximum absolute atomic E-state index is 5.16. The zero-order chi connectivity index (χ0) is 14.5. The van der Waals surface area contributed by atoms with Crippen molar-refractivity contribution < 1.29 is 4.74 Å². The van der Waals surface area contributed by atoms with Gasteiger partial charge in [0.2, 0.25) is 0 Å². The number of nitrogens with one attached hydrogen (secondary N) is 2. The van der Waals surface area contributed by atoms with Gasteiger partial charge in [-0.15, -0.1) is 0 Å². The zero-order valence-corrected chi connectivity index (χ0v) is 12.6. The summed E-state index contributed by atoms with van der Waals surface area (Å²) < 4.78 is 5.16. The SMILES string of the molecule is COCC1CC(CN(C)c2cc(N(C)C)ncn2)NN1. The fraction of sp³-hybridized carbons (Fsp3) is 0.692. The summed E-state index contributed by atoms with van der Waals surface area (Å²) in [6, 6.07) is 2.76. The lowest BCUT2D eigenvalue weighted by Crippen LogP contribution is -2.40. The van der Waals surface area contributed by atoms with Crippen molar-refractivity contribution in [2.45, 2.75) is 18.5 Å². The van der Waals surface area contributed by atoms with E-state index in [1.165, 1.54) is 0 Å². The standard InChI is InChI=1S/C13H24N6O/c1-18(2)12-6-13(15-9-14-12)19(3)7-10-5-11(8-20-4)17-16-10/h6,9-11,16-17H,5,7-8H2,1-4H3. The summed E-state index contributed by atoms with van der Waals surface area (Å²) in [6.45, 7) is 1.61. The minimum atomic E-state index is 0.376. The van der Waals surface area contributed by atoms with Gasteiger partial charge in [0.25, 0.3) is 0 Å². The number of likely N-dealkylation sites (N-methyl/N-ethyl adjacent to an activating group) is 1. The topological polar surface area (TPSA) is 65.5 Å². The van der Waals surface area contributed by atoms with Crippen LogP contribution in [-0.4, -0.2) is 63.5 Å². The molecule has 0 radical (unpaired) electrons. The number of hydrazine groups is 1. The molecule has 2 N–H and O–H groups in total. The van der Waals surface area contributed by atoms with Crippen molar-refractivity contribution in [3.8, 4) is 0 Å². The van der Waals surface area contributed by atoms with Crippen LogP contribution >= 0.6 is 0 Å². The second-order valence-electron chi connectivity index (χ2n) is 5.38. The summed E-state index contributed by atoms with van der Waals surface area (Å²) in [6.07, 6.45) is 2.65. The average Bonchev–Trinajstić information content (AvgIpc) is 2.86. The van der Waals surface area contributed by atoms with Crippen LogP contribution in [0.1, 0.15) is 6.42 Å². The summed E-state index contributed by atoms with van der Waals surface area (Å²) in [5.74, 6) is 1.84. The van der Waals surface area contributed by atoms with E-state index in [1.54, 1.807) is 13.4 Å². The van der Waals surface area contributed by atoms with E-state index in [2.05, 4.69) is 25.7 Å². The summed E-state index contributed by atoms with van der Waals surface area (Å²) in [7, 11) is 7.73. The van der Waals surface area contributed by atoms with Crippen LogP contribution in [0.4, 0.5) is 11.6 Å². The molecule has 2 unspecified atom stereocenters. The van der Waals surface area contributed by atoms with Gasteiger partial charge in [-0.3, -0.25) is 10.9 Å². The van der Waals surface area contributed by atoms with Crippen molar-refractivity contribution in [3.05, 3.63) is 12.4 Å². The van der Waals surface area contributed by atoms with E-state index in [0.29, 0.717) is 12.1 Å². The first-order valence-corrected chi connectivity index (χ1v) is 6.80. The first-order chi connectivity index (χ1) is 9.60. The Balaban J connectivity index is 1.92. The highest BCUT2D eigenvalue weighted by Crippen LogP contribution is 2.16. The minimum Gasteiger partial charge on any atom is -0.383 e. The van der Waals surface area contributed by atoms with Gasteiger partial charge in [0.1, 0.15) is 18.0 Å². The van der Waals surface area contributed by atoms with Gasteiger partial charge in [-0.05, 0) is 6.42 Å². The number of anilines is 2. The molecule has 0 spiro atoms. The summed E-state index contributed by atoms with van der Waals surface area (Å²) in [5, 5.41) is 0. The number of aromatic nitrogens is 2. The Morgan fingerprint density at radius 1 is 1.20 bits per heavy atom. The molecule has 7 nitrogen and oxygen atoms in total. The number of methoxy groups -OCH3 is 1. The monoisotopic (exact) mass is 280 g/mol. The maximum Gasteiger partial charge on any atom is 0.133 e. The second-order valence-corrected chi connectivity index (χ2v) is 5.38. The van der Waals surface area contributed by atoms with Crippen LogP contribution in [0.5, 0.6) is 0 Å². The van der Waals surface area contributed by atoms with Gasteiger partial charge in [0.15, 0.2) is 0 Å². The van der Waals surface area contributed by atoms with Crippen LogP contribution in [0.15, 0.2) is 12.4 Å². The van der Waals surface area contributed by atoms with E-state index >= 15 is 0 Å². The van der Waals surface area contributed by atoms with Crippen molar-refractivity contribution in [2.75, 3.05) is 51.2 Å². The number of ether oxygens (including phenoxy) is 1. The molecule has 0 saturated carbocycles. The van der Waals surface area contributed by atoms with Crippen molar-refractivity contribution in [3.63, 3.8) is 0 Å². The minimum absolute atomic E-state index is 0.376. The predicted octanol–water partition coefficient (Wildman–Crippen LogP) is -0.140. The van der Waals surface area contributed by atoms with Crippen LogP contribution in [0.2, 0.25) is 0 Å². The molecule has 1 aromatic heterocycles. The van der Waals surface area contributed by atoms with Gasteiger partial charge in [0, 0.05) is 52.9 Å². The second kappa shape index (κ2) is 6.83. The Morgan fingerprint density at radius 2 is 1.90 bits per heavy atom. The van der Waals surface area contributed by atoms with E-state index in [-0.39, 0.29) is 0 Å². The van der Waals surface area contributed by atoms with Crippen LogP contribution < -0.4 is 20.7 Å². The molecule has 1 saturated heterocycles. The van der Waals surface area contributed by atoms with E-state index in [4.69, 9.17) is 4.74 Å². The predicted molar refractivity (Wildman–Crippen MR) is 80.0 cm³/mol. The van der Waals surface area contributed by atoms with Crippen LogP contribution in [-0.2, 0) is 4.74 Å². The maximum atomic E-state index is 5.16. The normalized spacial score (nSPS) is 22.0. The third-order valence-corrected chi connectivity index (χ3v) is 3.41. The molecule has 7 heteroatoms. The Bertz CT molecular complexity index is 427. The molecule has 2 rings (SSSR count). The molecule has 0 amide bonds. The van der Waals surface area contributed by atoms with Gasteiger partial charge in [-0.1, -0.05) is 0 Å². The van der Waals surface area contributed by atoms with Crippen molar-refractivity contribution in [1.29, 1.82) is 0 Å². The summed E-state index contributed by atoms with van der Waals surface area (Å²) in [4.78, 5) is 12.7. The molecule has 1 aliphatic heterocycles. The van der Waals surface area contributed by atoms with Gasteiger partial charge in [-0.25, -0.2) is 9.97 Å². The van der Waals surface area contributed by atoms with Gasteiger partial charge in [0.05, 0.1) is 6.61 Å². The van der Waals surface area contributed by atoms with Crippen LogP contribution in [0.25, 0.3) is 0 Å². The highest BCUT2D eigenvalue weighted by Gasteiger charge is 2.24. The Kier molecular flexibility index (Phi) is 5.11. The van der Waals surface area contributed by atoms with Crippen LogP contribution in [0, 0.1) is 0 Å². The van der Waals surface area contributed by atoms with E-state index in [9.17, 15) is 0 Å². The highest BCUT2D eigenvalue weighted by atomic mass is 16.5. The lowest BCUT2D eigenvalue weighted by atomic mass is 10.1. The molecular formula is C13H24N6O. The Morgan fingerprint density at radius 3 is 2.60 bits per heavy atom. The summed E-state index contributed by atoms with van der Waals surface area (Å²) in [5.41, 5.74) is 6.56. The molecule has 112 valence electrons. The molecule has 2 heterocycles. The molecule has 2 atom stereocenters. The number of hydrogen-bond acceptors (Lipinski definition) is 7. The summed E-state index contributed by atoms with van der Waals surface area (Å²) >= 11 is 0. The van der Waals surface area contributed by atoms with Crippen molar-refractivity contribution >= 4 is 11.6 Å². The van der Waals surface area contributed by atoms with Crippen molar-refractivity contribution in [1.82, 2.24) is 20.8 Å². The van der Waals surface area contributed by atoms with E-state index in [0.717, 1.165) is 31.2 Å². The van der Waals surface area contributed by atoms with Crippen LogP contribution in [0.3, 0.4) is 0 Å². The molecule has 0 aliphatic carbocycles. The molecule has 1 fully saturated rings. The zero-order valence-electron chi connectivity index (χ0n) is 12.6.